The Labute approximate surface area is 113 Å². The summed E-state index contributed by atoms with van der Waals surface area (Å²) in [6.07, 6.45) is 0. The van der Waals surface area contributed by atoms with Crippen LogP contribution in [0, 0.1) is 0 Å². The van der Waals surface area contributed by atoms with Crippen molar-refractivity contribution in [2.45, 2.75) is 20.5 Å². The number of hydrogen-bond donors (Lipinski definition) is 1. The van der Waals surface area contributed by atoms with E-state index in [0.29, 0.717) is 13.2 Å². The van der Waals surface area contributed by atoms with Crippen molar-refractivity contribution < 1.29 is 9.47 Å². The molecule has 0 aliphatic heterocycles. The minimum atomic E-state index is 0.515. The second-order valence-corrected chi connectivity index (χ2v) is 4.24. The molecule has 0 bridgehead atoms. The van der Waals surface area contributed by atoms with Crippen LogP contribution in [0.1, 0.15) is 19.5 Å². The molecule has 0 atom stereocenters. The minimum absolute atomic E-state index is 0.515. The van der Waals surface area contributed by atoms with Crippen molar-refractivity contribution in [1.82, 2.24) is 4.98 Å². The summed E-state index contributed by atoms with van der Waals surface area (Å²) in [5, 5.41) is 4.44. The lowest BCUT2D eigenvalue weighted by Crippen LogP contribution is -2.02. The van der Waals surface area contributed by atoms with Crippen LogP contribution in [0.4, 0.5) is 5.69 Å². The number of ether oxygens (including phenoxy) is 2. The number of nitrogens with zero attached hydrogens (tertiary/aromatic N) is 1. The average molecular weight is 260 g/mol. The van der Waals surface area contributed by atoms with E-state index in [-0.39, 0.29) is 0 Å². The van der Waals surface area contributed by atoms with Crippen molar-refractivity contribution >= 4 is 16.6 Å². The van der Waals surface area contributed by atoms with Crippen LogP contribution in [-0.4, -0.2) is 25.2 Å². The maximum Gasteiger partial charge on any atom is 0.120 e. The van der Waals surface area contributed by atoms with Crippen LogP contribution in [0.2, 0.25) is 0 Å². The third kappa shape index (κ3) is 3.15. The Kier molecular flexibility index (Phi) is 4.58. The molecule has 2 aromatic rings. The first-order valence-electron chi connectivity index (χ1n) is 6.57. The second-order valence-electron chi connectivity index (χ2n) is 4.24. The lowest BCUT2D eigenvalue weighted by Gasteiger charge is -2.12. The van der Waals surface area contributed by atoms with E-state index in [9.17, 15) is 0 Å². The van der Waals surface area contributed by atoms with Gasteiger partial charge in [0.1, 0.15) is 5.75 Å². The van der Waals surface area contributed by atoms with E-state index in [1.807, 2.05) is 31.2 Å². The van der Waals surface area contributed by atoms with Gasteiger partial charge in [0.05, 0.1) is 24.4 Å². The van der Waals surface area contributed by atoms with Gasteiger partial charge in [-0.15, -0.1) is 0 Å². The van der Waals surface area contributed by atoms with Gasteiger partial charge < -0.3 is 14.8 Å². The first-order chi connectivity index (χ1) is 9.28. The summed E-state index contributed by atoms with van der Waals surface area (Å²) < 4.78 is 10.7. The predicted molar refractivity (Wildman–Crippen MR) is 77.8 cm³/mol. The lowest BCUT2D eigenvalue weighted by molar-refractivity contribution is 0.182. The predicted octanol–water partition coefficient (Wildman–Crippen LogP) is 3.21. The van der Waals surface area contributed by atoms with Crippen LogP contribution >= 0.6 is 0 Å². The van der Waals surface area contributed by atoms with Crippen molar-refractivity contribution in [3.63, 3.8) is 0 Å². The van der Waals surface area contributed by atoms with Crippen molar-refractivity contribution in [3.8, 4) is 5.75 Å². The van der Waals surface area contributed by atoms with Crippen molar-refractivity contribution in [2.75, 3.05) is 25.6 Å². The van der Waals surface area contributed by atoms with Gasteiger partial charge in [0.25, 0.3) is 0 Å². The fraction of sp³-hybridized carbons (Fsp3) is 0.400. The van der Waals surface area contributed by atoms with Crippen molar-refractivity contribution in [2.24, 2.45) is 0 Å². The number of hydrogen-bond acceptors (Lipinski definition) is 4. The maximum absolute atomic E-state index is 5.54. The number of methoxy groups -OCH3 is 1. The van der Waals surface area contributed by atoms with Gasteiger partial charge in [-0.25, -0.2) is 0 Å². The van der Waals surface area contributed by atoms with Gasteiger partial charge in [0.15, 0.2) is 0 Å². The molecule has 4 heteroatoms. The van der Waals surface area contributed by atoms with Gasteiger partial charge in [0.2, 0.25) is 0 Å². The fourth-order valence-electron chi connectivity index (χ4n) is 2.07. The zero-order valence-corrected chi connectivity index (χ0v) is 11.7. The summed E-state index contributed by atoms with van der Waals surface area (Å²) in [7, 11) is 1.68. The molecule has 0 radical (unpaired) electrons. The molecule has 1 aromatic carbocycles. The third-order valence-electron chi connectivity index (χ3n) is 2.80. The zero-order chi connectivity index (χ0) is 13.7. The molecule has 0 spiro atoms. The van der Waals surface area contributed by atoms with Crippen molar-refractivity contribution in [1.29, 1.82) is 0 Å². The van der Waals surface area contributed by atoms with Crippen LogP contribution in [0.5, 0.6) is 5.75 Å². The number of fused-ring (bicyclic) bond motifs is 1. The molecule has 1 heterocycles. The molecule has 102 valence electrons. The second kappa shape index (κ2) is 6.38. The van der Waals surface area contributed by atoms with Crippen LogP contribution in [-0.2, 0) is 11.3 Å². The minimum Gasteiger partial charge on any atom is -0.494 e. The quantitative estimate of drug-likeness (QED) is 0.866. The summed E-state index contributed by atoms with van der Waals surface area (Å²) in [5.41, 5.74) is 2.95. The van der Waals surface area contributed by atoms with Crippen molar-refractivity contribution in [3.05, 3.63) is 30.0 Å². The van der Waals surface area contributed by atoms with Gasteiger partial charge in [-0.05, 0) is 38.1 Å². The normalized spacial score (nSPS) is 10.7. The molecule has 2 rings (SSSR count). The number of anilines is 1. The Morgan fingerprint density at radius 3 is 2.74 bits per heavy atom. The van der Waals surface area contributed by atoms with Gasteiger partial charge in [-0.3, -0.25) is 4.98 Å². The van der Waals surface area contributed by atoms with E-state index in [4.69, 9.17) is 9.47 Å². The van der Waals surface area contributed by atoms with Gasteiger partial charge >= 0.3 is 0 Å². The van der Waals surface area contributed by atoms with Crippen LogP contribution < -0.4 is 10.1 Å². The Morgan fingerprint density at radius 1 is 1.21 bits per heavy atom. The average Bonchev–Trinajstić information content (AvgIpc) is 2.40. The molecule has 0 unspecified atom stereocenters. The number of benzene rings is 1. The van der Waals surface area contributed by atoms with Gasteiger partial charge in [0, 0.05) is 24.7 Å². The van der Waals surface area contributed by atoms with E-state index in [1.165, 1.54) is 0 Å². The molecule has 0 amide bonds. The third-order valence-corrected chi connectivity index (χ3v) is 2.80. The Morgan fingerprint density at radius 2 is 2.05 bits per heavy atom. The van der Waals surface area contributed by atoms with Crippen LogP contribution in [0.3, 0.4) is 0 Å². The summed E-state index contributed by atoms with van der Waals surface area (Å²) in [4.78, 5) is 4.59. The first kappa shape index (κ1) is 13.6. The first-order valence-corrected chi connectivity index (χ1v) is 6.57. The number of rotatable bonds is 6. The highest BCUT2D eigenvalue weighted by atomic mass is 16.5. The lowest BCUT2D eigenvalue weighted by atomic mass is 10.1. The van der Waals surface area contributed by atoms with Crippen LogP contribution in [0.25, 0.3) is 10.9 Å². The summed E-state index contributed by atoms with van der Waals surface area (Å²) in [6, 6.07) is 8.00. The molecule has 19 heavy (non-hydrogen) atoms. The zero-order valence-electron chi connectivity index (χ0n) is 11.7. The molecule has 1 N–H and O–H groups in total. The molecular weight excluding hydrogens is 240 g/mol. The SMILES string of the molecule is CCNc1cc(COC)nc2ccc(OCC)cc12. The largest absolute Gasteiger partial charge is 0.494 e. The highest BCUT2D eigenvalue weighted by molar-refractivity contribution is 5.92. The summed E-state index contributed by atoms with van der Waals surface area (Å²) in [6.45, 7) is 6.10. The Hall–Kier alpha value is -1.81. The molecule has 0 aliphatic carbocycles. The van der Waals surface area contributed by atoms with E-state index in [2.05, 4.69) is 17.2 Å². The Bertz CT molecular complexity index is 555. The Balaban J connectivity index is 2.51. The van der Waals surface area contributed by atoms with E-state index >= 15 is 0 Å². The maximum atomic E-state index is 5.54. The topological polar surface area (TPSA) is 43.4 Å². The molecule has 0 saturated carbocycles. The smallest absolute Gasteiger partial charge is 0.120 e. The van der Waals surface area contributed by atoms with E-state index in [1.54, 1.807) is 7.11 Å². The van der Waals surface area contributed by atoms with Gasteiger partial charge in [-0.2, -0.15) is 0 Å². The molecule has 0 aliphatic rings. The van der Waals surface area contributed by atoms with Gasteiger partial charge in [-0.1, -0.05) is 0 Å². The number of pyridine rings is 1. The summed E-state index contributed by atoms with van der Waals surface area (Å²) in [5.74, 6) is 0.871. The van der Waals surface area contributed by atoms with E-state index in [0.717, 1.165) is 34.6 Å². The molecule has 0 fully saturated rings. The number of aromatic nitrogens is 1. The van der Waals surface area contributed by atoms with E-state index < -0.39 is 0 Å². The number of nitrogens with one attached hydrogen (secondary N) is 1. The monoisotopic (exact) mass is 260 g/mol. The molecule has 1 aromatic heterocycles. The standard InChI is InChI=1S/C15H20N2O2/c1-4-16-15-8-11(10-18-3)17-14-7-6-12(19-5-2)9-13(14)15/h6-9H,4-5,10H2,1-3H3,(H,16,17). The highest BCUT2D eigenvalue weighted by Crippen LogP contribution is 2.27. The molecule has 0 saturated heterocycles. The highest BCUT2D eigenvalue weighted by Gasteiger charge is 2.07. The molecular formula is C15H20N2O2. The fourth-order valence-corrected chi connectivity index (χ4v) is 2.07. The molecule has 4 nitrogen and oxygen atoms in total. The van der Waals surface area contributed by atoms with Crippen LogP contribution in [0.15, 0.2) is 24.3 Å². The summed E-state index contributed by atoms with van der Waals surface area (Å²) >= 11 is 0.